The van der Waals surface area contributed by atoms with E-state index in [2.05, 4.69) is 6.92 Å². The van der Waals surface area contributed by atoms with Crippen LogP contribution in [0.3, 0.4) is 0 Å². The Balaban J connectivity index is 1.57. The molecule has 0 aromatic heterocycles. The van der Waals surface area contributed by atoms with E-state index in [9.17, 15) is 9.59 Å². The summed E-state index contributed by atoms with van der Waals surface area (Å²) in [7, 11) is 0. The molecule has 0 N–H and O–H groups in total. The Morgan fingerprint density at radius 1 is 1.33 bits per heavy atom. The second-order valence-electron chi connectivity index (χ2n) is 6.79. The highest BCUT2D eigenvalue weighted by Crippen LogP contribution is 2.40. The van der Waals surface area contributed by atoms with Crippen LogP contribution in [0.4, 0.5) is 0 Å². The maximum Gasteiger partial charge on any atom is 0.228 e. The molecule has 0 aliphatic carbocycles. The van der Waals surface area contributed by atoms with Crippen LogP contribution in [-0.4, -0.2) is 61.0 Å². The number of likely N-dealkylation sites (tertiary alicyclic amines) is 2. The van der Waals surface area contributed by atoms with Crippen molar-refractivity contribution < 1.29 is 14.3 Å². The molecular weight excluding hydrogens is 268 g/mol. The summed E-state index contributed by atoms with van der Waals surface area (Å²) < 4.78 is 5.33. The fourth-order valence-electron chi connectivity index (χ4n) is 3.99. The molecule has 0 radical (unpaired) electrons. The number of hydrogen-bond donors (Lipinski definition) is 0. The number of nitrogens with zero attached hydrogens (tertiary/aromatic N) is 2. The highest BCUT2D eigenvalue weighted by atomic mass is 16.5. The second-order valence-corrected chi connectivity index (χ2v) is 6.79. The molecule has 3 saturated heterocycles. The highest BCUT2D eigenvalue weighted by molar-refractivity contribution is 5.79. The van der Waals surface area contributed by atoms with E-state index in [-0.39, 0.29) is 17.2 Å². The molecule has 1 spiro atoms. The van der Waals surface area contributed by atoms with Gasteiger partial charge in [-0.15, -0.1) is 0 Å². The summed E-state index contributed by atoms with van der Waals surface area (Å²) in [5.41, 5.74) is 0.257. The van der Waals surface area contributed by atoms with E-state index in [1.54, 1.807) is 0 Å². The Morgan fingerprint density at radius 2 is 2.10 bits per heavy atom. The van der Waals surface area contributed by atoms with E-state index in [1.807, 2.05) is 9.80 Å². The fourth-order valence-corrected chi connectivity index (χ4v) is 3.99. The average molecular weight is 294 g/mol. The molecule has 0 aromatic carbocycles. The second kappa shape index (κ2) is 5.95. The Hall–Kier alpha value is -1.10. The molecule has 3 rings (SSSR count). The van der Waals surface area contributed by atoms with Crippen molar-refractivity contribution >= 4 is 11.8 Å². The Morgan fingerprint density at radius 3 is 2.71 bits per heavy atom. The first-order chi connectivity index (χ1) is 10.1. The SMILES string of the molecule is CCN1CC2(CCC1=O)CCN(C(=O)[C@@H]1CCOC1)CC2. The maximum atomic E-state index is 12.4. The third-order valence-corrected chi connectivity index (χ3v) is 5.54. The monoisotopic (exact) mass is 294 g/mol. The van der Waals surface area contributed by atoms with Crippen molar-refractivity contribution in [1.82, 2.24) is 9.80 Å². The van der Waals surface area contributed by atoms with Crippen LogP contribution < -0.4 is 0 Å². The van der Waals surface area contributed by atoms with Crippen LogP contribution >= 0.6 is 0 Å². The van der Waals surface area contributed by atoms with Gasteiger partial charge in [0.05, 0.1) is 12.5 Å². The standard InChI is InChI=1S/C16H26N2O3/c1-2-17-12-16(5-3-14(17)19)6-8-18(9-7-16)15(20)13-4-10-21-11-13/h13H,2-12H2,1H3/t13-/m1/s1. The first-order valence-corrected chi connectivity index (χ1v) is 8.28. The molecule has 3 heterocycles. The van der Waals surface area contributed by atoms with Crippen molar-refractivity contribution in [2.45, 2.75) is 39.0 Å². The van der Waals surface area contributed by atoms with E-state index in [4.69, 9.17) is 4.74 Å². The van der Waals surface area contributed by atoms with E-state index < -0.39 is 0 Å². The first kappa shape index (κ1) is 14.8. The summed E-state index contributed by atoms with van der Waals surface area (Å²) >= 11 is 0. The van der Waals surface area contributed by atoms with Gasteiger partial charge in [-0.3, -0.25) is 9.59 Å². The summed E-state index contributed by atoms with van der Waals surface area (Å²) in [6.45, 7) is 6.76. The largest absolute Gasteiger partial charge is 0.381 e. The van der Waals surface area contributed by atoms with Crippen molar-refractivity contribution in [3.8, 4) is 0 Å². The normalized spacial score (nSPS) is 29.2. The number of ether oxygens (including phenoxy) is 1. The van der Waals surface area contributed by atoms with E-state index in [1.165, 1.54) is 0 Å². The van der Waals surface area contributed by atoms with Gasteiger partial charge in [0.25, 0.3) is 0 Å². The molecule has 5 nitrogen and oxygen atoms in total. The van der Waals surface area contributed by atoms with Gasteiger partial charge in [0.1, 0.15) is 0 Å². The van der Waals surface area contributed by atoms with Gasteiger partial charge in [-0.1, -0.05) is 0 Å². The van der Waals surface area contributed by atoms with Gasteiger partial charge in [-0.05, 0) is 38.0 Å². The van der Waals surface area contributed by atoms with Crippen molar-refractivity contribution in [2.75, 3.05) is 39.4 Å². The Kier molecular flexibility index (Phi) is 4.20. The molecule has 0 saturated carbocycles. The lowest BCUT2D eigenvalue weighted by molar-refractivity contribution is -0.144. The van der Waals surface area contributed by atoms with Gasteiger partial charge < -0.3 is 14.5 Å². The first-order valence-electron chi connectivity index (χ1n) is 8.28. The molecular formula is C16H26N2O3. The highest BCUT2D eigenvalue weighted by Gasteiger charge is 2.42. The maximum absolute atomic E-state index is 12.4. The third kappa shape index (κ3) is 2.93. The molecule has 5 heteroatoms. The van der Waals surface area contributed by atoms with Crippen molar-refractivity contribution in [1.29, 1.82) is 0 Å². The Labute approximate surface area is 126 Å². The zero-order chi connectivity index (χ0) is 14.9. The van der Waals surface area contributed by atoms with Crippen LogP contribution in [-0.2, 0) is 14.3 Å². The molecule has 3 fully saturated rings. The zero-order valence-electron chi connectivity index (χ0n) is 13.0. The lowest BCUT2D eigenvalue weighted by Crippen LogP contribution is -2.53. The minimum absolute atomic E-state index is 0.0825. The summed E-state index contributed by atoms with van der Waals surface area (Å²) in [6, 6.07) is 0. The topological polar surface area (TPSA) is 49.9 Å². The van der Waals surface area contributed by atoms with Crippen molar-refractivity contribution in [3.05, 3.63) is 0 Å². The van der Waals surface area contributed by atoms with Crippen LogP contribution in [0, 0.1) is 11.3 Å². The van der Waals surface area contributed by atoms with E-state index in [0.717, 1.165) is 58.5 Å². The number of piperidine rings is 2. The molecule has 0 aromatic rings. The Bertz CT molecular complexity index is 410. The lowest BCUT2D eigenvalue weighted by atomic mass is 9.72. The van der Waals surface area contributed by atoms with Crippen molar-refractivity contribution in [2.24, 2.45) is 11.3 Å². The van der Waals surface area contributed by atoms with Crippen LogP contribution in [0.1, 0.15) is 39.0 Å². The van der Waals surface area contributed by atoms with Gasteiger partial charge in [0, 0.05) is 39.2 Å². The number of amides is 2. The minimum Gasteiger partial charge on any atom is -0.381 e. The van der Waals surface area contributed by atoms with E-state index >= 15 is 0 Å². The van der Waals surface area contributed by atoms with Gasteiger partial charge in [-0.25, -0.2) is 0 Å². The molecule has 2 amide bonds. The summed E-state index contributed by atoms with van der Waals surface area (Å²) in [4.78, 5) is 28.3. The quantitative estimate of drug-likeness (QED) is 0.771. The fraction of sp³-hybridized carbons (Fsp3) is 0.875. The molecule has 1 atom stereocenters. The molecule has 3 aliphatic rings. The molecule has 3 aliphatic heterocycles. The number of hydrogen-bond acceptors (Lipinski definition) is 3. The van der Waals surface area contributed by atoms with E-state index in [0.29, 0.717) is 18.9 Å². The van der Waals surface area contributed by atoms with Crippen LogP contribution in [0.2, 0.25) is 0 Å². The number of carbonyl (C=O) groups excluding carboxylic acids is 2. The van der Waals surface area contributed by atoms with Gasteiger partial charge >= 0.3 is 0 Å². The zero-order valence-corrected chi connectivity index (χ0v) is 13.0. The minimum atomic E-state index is 0.0825. The van der Waals surface area contributed by atoms with Crippen LogP contribution in [0.15, 0.2) is 0 Å². The average Bonchev–Trinajstić information content (AvgIpc) is 3.04. The van der Waals surface area contributed by atoms with Crippen molar-refractivity contribution in [3.63, 3.8) is 0 Å². The van der Waals surface area contributed by atoms with Gasteiger partial charge in [0.2, 0.25) is 11.8 Å². The summed E-state index contributed by atoms with van der Waals surface area (Å²) in [5.74, 6) is 0.658. The summed E-state index contributed by atoms with van der Waals surface area (Å²) in [5, 5.41) is 0. The van der Waals surface area contributed by atoms with Crippen LogP contribution in [0.25, 0.3) is 0 Å². The van der Waals surface area contributed by atoms with Crippen LogP contribution in [0.5, 0.6) is 0 Å². The van der Waals surface area contributed by atoms with Gasteiger partial charge in [-0.2, -0.15) is 0 Å². The lowest BCUT2D eigenvalue weighted by Gasteiger charge is -2.47. The predicted molar refractivity (Wildman–Crippen MR) is 78.7 cm³/mol. The molecule has 118 valence electrons. The number of rotatable bonds is 2. The number of carbonyl (C=O) groups is 2. The smallest absolute Gasteiger partial charge is 0.228 e. The molecule has 21 heavy (non-hydrogen) atoms. The van der Waals surface area contributed by atoms with Gasteiger partial charge in [0.15, 0.2) is 0 Å². The molecule has 0 unspecified atom stereocenters. The molecule has 0 bridgehead atoms. The third-order valence-electron chi connectivity index (χ3n) is 5.54. The summed E-state index contributed by atoms with van der Waals surface area (Å²) in [6.07, 6.45) is 4.62. The predicted octanol–water partition coefficient (Wildman–Crippen LogP) is 1.27.